The van der Waals surface area contributed by atoms with Crippen LogP contribution in [0.1, 0.15) is 57.9 Å². The van der Waals surface area contributed by atoms with Gasteiger partial charge in [-0.3, -0.25) is 9.69 Å². The Morgan fingerprint density at radius 1 is 1.16 bits per heavy atom. The van der Waals surface area contributed by atoms with E-state index >= 15 is 0 Å². The third kappa shape index (κ3) is 4.31. The second kappa shape index (κ2) is 8.15. The Kier molecular flexibility index (Phi) is 5.92. The number of thiophene rings is 1. The maximum atomic E-state index is 12.8. The van der Waals surface area contributed by atoms with Crippen LogP contribution in [0, 0.1) is 20.8 Å². The fourth-order valence-electron chi connectivity index (χ4n) is 3.97. The molecule has 0 radical (unpaired) electrons. The van der Waals surface area contributed by atoms with Crippen molar-refractivity contribution in [1.29, 1.82) is 0 Å². The van der Waals surface area contributed by atoms with Crippen molar-refractivity contribution in [3.8, 4) is 0 Å². The Morgan fingerprint density at radius 3 is 2.44 bits per heavy atom. The molecule has 1 aromatic heterocycles. The molecule has 1 aliphatic heterocycles. The zero-order chi connectivity index (χ0) is 17.8. The molecule has 1 aliphatic rings. The van der Waals surface area contributed by atoms with E-state index in [1.54, 1.807) is 11.3 Å². The number of benzene rings is 1. The molecule has 2 aromatic rings. The minimum absolute atomic E-state index is 0.0484. The second-order valence-electron chi connectivity index (χ2n) is 7.15. The first-order valence-corrected chi connectivity index (χ1v) is 10.1. The van der Waals surface area contributed by atoms with Gasteiger partial charge in [0.2, 0.25) is 0 Å². The van der Waals surface area contributed by atoms with E-state index in [1.165, 1.54) is 30.4 Å². The monoisotopic (exact) mass is 356 g/mol. The van der Waals surface area contributed by atoms with Gasteiger partial charge >= 0.3 is 0 Å². The summed E-state index contributed by atoms with van der Waals surface area (Å²) in [6.07, 6.45) is 3.83. The van der Waals surface area contributed by atoms with Gasteiger partial charge < -0.3 is 5.32 Å². The molecule has 0 spiro atoms. The zero-order valence-corrected chi connectivity index (χ0v) is 16.3. The number of piperidine rings is 1. The Labute approximate surface area is 155 Å². The lowest BCUT2D eigenvalue weighted by atomic mass is 9.99. The van der Waals surface area contributed by atoms with E-state index in [9.17, 15) is 4.79 Å². The summed E-state index contributed by atoms with van der Waals surface area (Å²) in [5.41, 5.74) is 5.47. The van der Waals surface area contributed by atoms with Gasteiger partial charge in [0.15, 0.2) is 0 Å². The van der Waals surface area contributed by atoms with Crippen LogP contribution in [0.3, 0.4) is 0 Å². The number of hydrogen-bond acceptors (Lipinski definition) is 3. The largest absolute Gasteiger partial charge is 0.350 e. The number of carbonyl (C=O) groups is 1. The van der Waals surface area contributed by atoms with Crippen LogP contribution in [-0.2, 0) is 0 Å². The van der Waals surface area contributed by atoms with Crippen molar-refractivity contribution in [2.45, 2.75) is 46.1 Å². The maximum absolute atomic E-state index is 12.8. The highest BCUT2D eigenvalue weighted by Crippen LogP contribution is 2.26. The van der Waals surface area contributed by atoms with Crippen molar-refractivity contribution in [2.75, 3.05) is 19.6 Å². The summed E-state index contributed by atoms with van der Waals surface area (Å²) >= 11 is 1.73. The van der Waals surface area contributed by atoms with Gasteiger partial charge in [-0.1, -0.05) is 24.1 Å². The van der Waals surface area contributed by atoms with Gasteiger partial charge in [0.1, 0.15) is 0 Å². The molecule has 1 atom stereocenters. The molecule has 3 nitrogen and oxygen atoms in total. The van der Waals surface area contributed by atoms with Crippen molar-refractivity contribution < 1.29 is 4.79 Å². The van der Waals surface area contributed by atoms with Crippen LogP contribution < -0.4 is 5.32 Å². The van der Waals surface area contributed by atoms with Gasteiger partial charge in [-0.25, -0.2) is 0 Å². The summed E-state index contributed by atoms with van der Waals surface area (Å²) < 4.78 is 0. The van der Waals surface area contributed by atoms with Gasteiger partial charge in [0.25, 0.3) is 5.91 Å². The van der Waals surface area contributed by atoms with E-state index in [0.717, 1.165) is 29.8 Å². The van der Waals surface area contributed by atoms with Crippen LogP contribution in [0.25, 0.3) is 0 Å². The van der Waals surface area contributed by atoms with Crippen molar-refractivity contribution in [3.05, 3.63) is 56.8 Å². The Balaban J connectivity index is 1.74. The van der Waals surface area contributed by atoms with Crippen molar-refractivity contribution in [1.82, 2.24) is 10.2 Å². The number of nitrogens with one attached hydrogen (secondary N) is 1. The van der Waals surface area contributed by atoms with Gasteiger partial charge in [-0.15, -0.1) is 0 Å². The normalized spacial score (nSPS) is 16.6. The van der Waals surface area contributed by atoms with Gasteiger partial charge in [-0.05, 0) is 80.2 Å². The Bertz CT molecular complexity index is 694. The number of likely N-dealkylation sites (tertiary alicyclic amines) is 1. The molecule has 1 fully saturated rings. The molecule has 1 aromatic carbocycles. The quantitative estimate of drug-likeness (QED) is 0.847. The molecule has 2 heterocycles. The number of aryl methyl sites for hydroxylation is 3. The fraction of sp³-hybridized carbons (Fsp3) is 0.476. The standard InChI is InChI=1S/C21H28N2OS/c1-15-11-16(2)20(17(3)12-15)21(24)22-13-19(18-7-10-25-14-18)23-8-5-4-6-9-23/h7,10-12,14,19H,4-6,8-9,13H2,1-3H3,(H,22,24). The summed E-state index contributed by atoms with van der Waals surface area (Å²) in [6, 6.07) is 6.64. The first-order chi connectivity index (χ1) is 12.1. The van der Waals surface area contributed by atoms with E-state index in [1.807, 2.05) is 13.8 Å². The summed E-state index contributed by atoms with van der Waals surface area (Å²) in [5, 5.41) is 7.55. The average Bonchev–Trinajstić information content (AvgIpc) is 3.09. The number of amides is 1. The van der Waals surface area contributed by atoms with E-state index < -0.39 is 0 Å². The summed E-state index contributed by atoms with van der Waals surface area (Å²) in [7, 11) is 0. The number of carbonyl (C=O) groups excluding carboxylic acids is 1. The molecule has 1 unspecified atom stereocenters. The number of hydrogen-bond donors (Lipinski definition) is 1. The topological polar surface area (TPSA) is 32.3 Å². The third-order valence-electron chi connectivity index (χ3n) is 5.12. The minimum Gasteiger partial charge on any atom is -0.350 e. The van der Waals surface area contributed by atoms with Crippen molar-refractivity contribution in [2.24, 2.45) is 0 Å². The molecule has 25 heavy (non-hydrogen) atoms. The number of nitrogens with zero attached hydrogens (tertiary/aromatic N) is 1. The van der Waals surface area contributed by atoms with Crippen LogP contribution in [0.2, 0.25) is 0 Å². The number of rotatable bonds is 5. The molecular weight excluding hydrogens is 328 g/mol. The molecule has 0 bridgehead atoms. The van der Waals surface area contributed by atoms with Crippen LogP contribution in [-0.4, -0.2) is 30.4 Å². The van der Waals surface area contributed by atoms with E-state index in [2.05, 4.69) is 46.1 Å². The molecule has 1 saturated heterocycles. The molecule has 3 rings (SSSR count). The zero-order valence-electron chi connectivity index (χ0n) is 15.5. The van der Waals surface area contributed by atoms with Crippen LogP contribution in [0.5, 0.6) is 0 Å². The molecule has 0 aliphatic carbocycles. The summed E-state index contributed by atoms with van der Waals surface area (Å²) in [5.74, 6) is 0.0484. The molecule has 4 heteroatoms. The maximum Gasteiger partial charge on any atom is 0.251 e. The van der Waals surface area contributed by atoms with E-state index in [4.69, 9.17) is 0 Å². The average molecular weight is 357 g/mol. The predicted octanol–water partition coefficient (Wildman–Crippen LogP) is 4.63. The van der Waals surface area contributed by atoms with Gasteiger partial charge in [0, 0.05) is 12.1 Å². The van der Waals surface area contributed by atoms with E-state index in [0.29, 0.717) is 6.54 Å². The van der Waals surface area contributed by atoms with Crippen LogP contribution >= 0.6 is 11.3 Å². The minimum atomic E-state index is 0.0484. The fourth-order valence-corrected chi connectivity index (χ4v) is 4.68. The molecule has 0 saturated carbocycles. The smallest absolute Gasteiger partial charge is 0.251 e. The van der Waals surface area contributed by atoms with Crippen LogP contribution in [0.4, 0.5) is 0 Å². The lowest BCUT2D eigenvalue weighted by Crippen LogP contribution is -2.40. The first kappa shape index (κ1) is 18.2. The molecule has 134 valence electrons. The highest BCUT2D eigenvalue weighted by atomic mass is 32.1. The molecule has 1 amide bonds. The predicted molar refractivity (Wildman–Crippen MR) is 105 cm³/mol. The van der Waals surface area contributed by atoms with E-state index in [-0.39, 0.29) is 11.9 Å². The highest BCUT2D eigenvalue weighted by Gasteiger charge is 2.24. The highest BCUT2D eigenvalue weighted by molar-refractivity contribution is 7.07. The van der Waals surface area contributed by atoms with Crippen molar-refractivity contribution in [3.63, 3.8) is 0 Å². The SMILES string of the molecule is Cc1cc(C)c(C(=O)NCC(c2ccsc2)N2CCCCC2)c(C)c1. The second-order valence-corrected chi connectivity index (χ2v) is 7.93. The van der Waals surface area contributed by atoms with Gasteiger partial charge in [0.05, 0.1) is 6.04 Å². The summed E-state index contributed by atoms with van der Waals surface area (Å²) in [6.45, 7) is 9.04. The van der Waals surface area contributed by atoms with Crippen LogP contribution in [0.15, 0.2) is 29.0 Å². The van der Waals surface area contributed by atoms with Crippen molar-refractivity contribution >= 4 is 17.2 Å². The lowest BCUT2D eigenvalue weighted by molar-refractivity contribution is 0.0923. The third-order valence-corrected chi connectivity index (χ3v) is 5.82. The summed E-state index contributed by atoms with van der Waals surface area (Å²) in [4.78, 5) is 15.4. The van der Waals surface area contributed by atoms with Gasteiger partial charge in [-0.2, -0.15) is 11.3 Å². The molecular formula is C21H28N2OS. The Hall–Kier alpha value is -1.65. The first-order valence-electron chi connectivity index (χ1n) is 9.18. The molecule has 1 N–H and O–H groups in total. The lowest BCUT2D eigenvalue weighted by Gasteiger charge is -2.34. The Morgan fingerprint density at radius 2 is 1.84 bits per heavy atom.